The van der Waals surface area contributed by atoms with Crippen LogP contribution in [0.2, 0.25) is 0 Å². The highest BCUT2D eigenvalue weighted by molar-refractivity contribution is 8.76. The number of aliphatic imine (C=N–C) groups is 6. The van der Waals surface area contributed by atoms with Crippen LogP contribution in [0.25, 0.3) is 0 Å². The van der Waals surface area contributed by atoms with Crippen LogP contribution in [0.15, 0.2) is 30.0 Å². The summed E-state index contributed by atoms with van der Waals surface area (Å²) in [6, 6.07) is 0.163. The summed E-state index contributed by atoms with van der Waals surface area (Å²) in [5, 5.41) is 0. The molecule has 12 heteroatoms. The van der Waals surface area contributed by atoms with Crippen LogP contribution >= 0.6 is 34.2 Å². The van der Waals surface area contributed by atoms with E-state index in [1.54, 1.807) is 21.6 Å². The van der Waals surface area contributed by atoms with E-state index in [2.05, 4.69) is 42.6 Å². The third kappa shape index (κ3) is 11.8. The first kappa shape index (κ1) is 33.5. The molecule has 0 spiro atoms. The van der Waals surface area contributed by atoms with Gasteiger partial charge in [0.1, 0.15) is 24.7 Å². The summed E-state index contributed by atoms with van der Waals surface area (Å²) in [6.45, 7) is 15.7. The fraction of sp³-hybridized carbons (Fsp3) is 0.760. The maximum Gasteiger partial charge on any atom is 0.210 e. The fourth-order valence-corrected chi connectivity index (χ4v) is 5.94. The molecule has 0 saturated heterocycles. The van der Waals surface area contributed by atoms with Crippen LogP contribution in [0.4, 0.5) is 0 Å². The summed E-state index contributed by atoms with van der Waals surface area (Å²) < 4.78 is 16.4. The molecule has 3 aliphatic heterocycles. The molecule has 0 aromatic heterocycles. The van der Waals surface area contributed by atoms with Crippen molar-refractivity contribution >= 4 is 69.0 Å². The van der Waals surface area contributed by atoms with E-state index in [4.69, 9.17) is 14.2 Å². The minimum atomic E-state index is 0. The first-order valence-electron chi connectivity index (χ1n) is 12.4. The third-order valence-corrected chi connectivity index (χ3v) is 7.83. The van der Waals surface area contributed by atoms with Crippen molar-refractivity contribution in [1.29, 1.82) is 0 Å². The average Bonchev–Trinajstić information content (AvgIpc) is 2.87. The van der Waals surface area contributed by atoms with Crippen molar-refractivity contribution in [2.24, 2.45) is 30.0 Å². The molecule has 0 saturated carbocycles. The zero-order valence-electron chi connectivity index (χ0n) is 22.3. The van der Waals surface area contributed by atoms with Gasteiger partial charge in [0.2, 0.25) is 17.7 Å². The van der Waals surface area contributed by atoms with E-state index in [-0.39, 0.29) is 25.6 Å². The molecule has 3 rings (SSSR count). The van der Waals surface area contributed by atoms with Crippen LogP contribution in [0, 0.1) is 0 Å². The second kappa shape index (κ2) is 18.7. The lowest BCUT2D eigenvalue weighted by Gasteiger charge is -2.21. The summed E-state index contributed by atoms with van der Waals surface area (Å²) in [7, 11) is 3.58. The van der Waals surface area contributed by atoms with Crippen LogP contribution in [0.3, 0.4) is 0 Å². The highest BCUT2D eigenvalue weighted by Gasteiger charge is 2.22. The van der Waals surface area contributed by atoms with Crippen molar-refractivity contribution in [3.63, 3.8) is 0 Å². The molecule has 0 aliphatic carbocycles. The van der Waals surface area contributed by atoms with Crippen molar-refractivity contribution in [3.05, 3.63) is 0 Å². The van der Waals surface area contributed by atoms with Crippen LogP contribution in [0.5, 0.6) is 0 Å². The van der Waals surface area contributed by atoms with Crippen LogP contribution in [0.1, 0.15) is 49.0 Å². The highest BCUT2D eigenvalue weighted by atomic mass is 33.1. The van der Waals surface area contributed by atoms with Gasteiger partial charge in [0.15, 0.2) is 0 Å². The van der Waals surface area contributed by atoms with E-state index >= 15 is 0 Å². The lowest BCUT2D eigenvalue weighted by Crippen LogP contribution is -2.30. The van der Waals surface area contributed by atoms with E-state index in [1.807, 2.05) is 41.5 Å². The smallest absolute Gasteiger partial charge is 0.210 e. The Morgan fingerprint density at radius 2 is 1.22 bits per heavy atom. The third-order valence-electron chi connectivity index (χ3n) is 5.10. The molecule has 9 nitrogen and oxygen atoms in total. The van der Waals surface area contributed by atoms with Gasteiger partial charge in [-0.3, -0.25) is 15.0 Å². The maximum absolute atomic E-state index is 5.61. The second-order valence-corrected chi connectivity index (χ2v) is 11.0. The SMILES string of the molecule is C.CCOC1=NCC(C)=N[C@H]1CS.CCOC1=N[C@H](CSSC[C@@H]2N=C(C)CN=C2OCC)C(C)=NC1. The molecule has 0 aromatic rings. The first-order chi connectivity index (χ1) is 17.4. The monoisotopic (exact) mass is 572 g/mol. The molecule has 0 amide bonds. The lowest BCUT2D eigenvalue weighted by atomic mass is 10.2. The first-order valence-corrected chi connectivity index (χ1v) is 15.5. The Balaban J connectivity index is 0.000000445. The van der Waals surface area contributed by atoms with Gasteiger partial charge in [-0.15, -0.1) is 0 Å². The molecule has 210 valence electrons. The predicted octanol–water partition coefficient (Wildman–Crippen LogP) is 4.75. The summed E-state index contributed by atoms with van der Waals surface area (Å²) in [5.41, 5.74) is 3.20. The molecule has 37 heavy (non-hydrogen) atoms. The van der Waals surface area contributed by atoms with Gasteiger partial charge in [-0.1, -0.05) is 29.0 Å². The molecule has 0 aromatic carbocycles. The molecule has 3 heterocycles. The largest absolute Gasteiger partial charge is 0.480 e. The Labute approximate surface area is 236 Å². The van der Waals surface area contributed by atoms with E-state index in [1.165, 1.54) is 0 Å². The highest BCUT2D eigenvalue weighted by Crippen LogP contribution is 2.27. The van der Waals surface area contributed by atoms with Crippen molar-refractivity contribution < 1.29 is 14.2 Å². The zero-order chi connectivity index (χ0) is 26.3. The summed E-state index contributed by atoms with van der Waals surface area (Å²) >= 11 is 4.19. The van der Waals surface area contributed by atoms with Crippen molar-refractivity contribution in [1.82, 2.24) is 0 Å². The van der Waals surface area contributed by atoms with Gasteiger partial charge in [0, 0.05) is 34.4 Å². The Kier molecular flexibility index (Phi) is 16.9. The fourth-order valence-electron chi connectivity index (χ4n) is 3.36. The summed E-state index contributed by atoms with van der Waals surface area (Å²) in [6.07, 6.45) is 0. The van der Waals surface area contributed by atoms with E-state index in [0.717, 1.165) is 46.3 Å². The topological polar surface area (TPSA) is 102 Å². The van der Waals surface area contributed by atoms with Gasteiger partial charge in [-0.25, -0.2) is 15.0 Å². The molecule has 0 fully saturated rings. The van der Waals surface area contributed by atoms with E-state index < -0.39 is 0 Å². The van der Waals surface area contributed by atoms with Crippen LogP contribution in [-0.4, -0.2) is 110 Å². The van der Waals surface area contributed by atoms with Gasteiger partial charge < -0.3 is 14.2 Å². The molecule has 0 N–H and O–H groups in total. The zero-order valence-corrected chi connectivity index (χ0v) is 24.8. The quantitative estimate of drug-likeness (QED) is 0.244. The second-order valence-electron chi connectivity index (χ2n) is 8.12. The van der Waals surface area contributed by atoms with Crippen LogP contribution in [-0.2, 0) is 14.2 Å². The van der Waals surface area contributed by atoms with Gasteiger partial charge >= 0.3 is 0 Å². The van der Waals surface area contributed by atoms with Crippen molar-refractivity contribution in [3.8, 4) is 0 Å². The minimum absolute atomic E-state index is 0. The Morgan fingerprint density at radius 1 is 0.703 bits per heavy atom. The number of thiol groups is 1. The Hall–Kier alpha value is -1.53. The number of rotatable bonds is 9. The van der Waals surface area contributed by atoms with Crippen LogP contribution < -0.4 is 0 Å². The Morgan fingerprint density at radius 3 is 1.76 bits per heavy atom. The van der Waals surface area contributed by atoms with Gasteiger partial charge in [-0.2, -0.15) is 12.6 Å². The number of hydrogen-bond donors (Lipinski definition) is 1. The summed E-state index contributed by atoms with van der Waals surface area (Å²) in [5.74, 6) is 4.65. The molecule has 0 bridgehead atoms. The van der Waals surface area contributed by atoms with Gasteiger partial charge in [0.05, 0.1) is 32.9 Å². The summed E-state index contributed by atoms with van der Waals surface area (Å²) in [4.78, 5) is 27.0. The number of ether oxygens (including phenoxy) is 3. The minimum Gasteiger partial charge on any atom is -0.480 e. The van der Waals surface area contributed by atoms with Crippen molar-refractivity contribution in [2.75, 3.05) is 56.7 Å². The van der Waals surface area contributed by atoms with E-state index in [0.29, 0.717) is 45.2 Å². The van der Waals surface area contributed by atoms with Crippen molar-refractivity contribution in [2.45, 2.75) is 67.1 Å². The van der Waals surface area contributed by atoms with E-state index in [9.17, 15) is 0 Å². The lowest BCUT2D eigenvalue weighted by molar-refractivity contribution is 0.311. The maximum atomic E-state index is 5.61. The predicted molar refractivity (Wildman–Crippen MR) is 168 cm³/mol. The molecule has 3 atom stereocenters. The molecule has 0 radical (unpaired) electrons. The molecular formula is C25H44N6O3S3. The molecule has 3 aliphatic rings. The Bertz CT molecular complexity index is 889. The molecule has 0 unspecified atom stereocenters. The normalized spacial score (nSPS) is 22.9. The van der Waals surface area contributed by atoms with Gasteiger partial charge in [-0.05, 0) is 41.5 Å². The number of nitrogens with zero attached hydrogens (tertiary/aromatic N) is 6. The molecular weight excluding hydrogens is 529 g/mol. The standard InChI is InChI=1S/C16H26N4O2S2.C8H14N2OS.CH4/c1-5-21-15-8-17-12(4)13(20-15)9-23-24-10-14-16(22-6-2)18-7-11(3)19-14;1-3-11-8-7(5-12)10-6(2)4-9-8;/h13-14H,5-10H2,1-4H3;7,12H,3-5H2,1-2H3;1H4/t13-,14+;7-;/m10./s1. The van der Waals surface area contributed by atoms with Gasteiger partial charge in [0.25, 0.3) is 0 Å². The average molecular weight is 573 g/mol. The number of hydrogen-bond acceptors (Lipinski definition) is 12.